The van der Waals surface area contributed by atoms with Crippen LogP contribution in [0.25, 0.3) is 31.2 Å². The molecule has 12 rings (SSSR count). The van der Waals surface area contributed by atoms with Crippen molar-refractivity contribution in [2.45, 2.75) is 75.8 Å². The summed E-state index contributed by atoms with van der Waals surface area (Å²) in [7, 11) is 0. The van der Waals surface area contributed by atoms with E-state index < -0.39 is 42.2 Å². The van der Waals surface area contributed by atoms with Crippen molar-refractivity contribution in [3.63, 3.8) is 0 Å². The molecule has 0 bridgehead atoms. The Labute approximate surface area is 705 Å². The Morgan fingerprint density at radius 3 is 1.55 bits per heavy atom. The molecule has 6 aliphatic rings. The van der Waals surface area contributed by atoms with Gasteiger partial charge in [-0.25, -0.2) is 26.3 Å². The number of nitrogens with zero attached hydrogens (tertiary/aromatic N) is 13. The standard InChI is InChI=1S/C33H36ClF2N7O2.C31H33ClFN7O2.C2H4FI.CH2O3.2Cs.H/c1-22(36)32(44)43-17-16-42(19-25(43)18-37-2)31-26-11-14-41(29-10-4-7-23-6-3-9-27(34)30(23)29)20-28(26)38-33(39-31)45-21-24-8-5-13-40(24)15-12-35;1-20(33)30(41)40-15-14-39(17-23(40)16-34-2)29-24-11-13-38(27-10-4-7-21-6-3-9-25(32)28(21)27)18-26(24)36-31(37-29)42-19-22-8-5-12-35-22;3-1-2-4;2-1-4-3;;;/h3-4,6-7,9-10,24-25H,1,5,8,11-21H2;3-4,6-7,9-10,22-23,35H,1,5,8,11-19H2;1-2H2;1,3H;;;/q;;;;2*+1;-1/p-1/t24-,25-;22-,23-;;;;;/m00...../s1. The van der Waals surface area contributed by atoms with Gasteiger partial charge < -0.3 is 65.5 Å². The molecule has 21 nitrogen and oxygen atoms in total. The van der Waals surface area contributed by atoms with Crippen molar-refractivity contribution in [2.24, 2.45) is 0 Å². The number of carbonyl (C=O) groups excluding carboxylic acids is 3. The Hall–Kier alpha value is -3.76. The minimum Gasteiger partial charge on any atom is -1.00 e. The normalized spacial score (nSPS) is 18.7. The summed E-state index contributed by atoms with van der Waals surface area (Å²) in [6, 6.07) is 24.1. The number of piperazine rings is 2. The van der Waals surface area contributed by atoms with Crippen LogP contribution in [0.3, 0.4) is 0 Å². The van der Waals surface area contributed by atoms with Gasteiger partial charge in [0.15, 0.2) is 11.7 Å². The van der Waals surface area contributed by atoms with Crippen molar-refractivity contribution in [1.29, 1.82) is 0 Å². The molecule has 97 heavy (non-hydrogen) atoms. The summed E-state index contributed by atoms with van der Waals surface area (Å²) in [4.78, 5) is 76.5. The van der Waals surface area contributed by atoms with Crippen molar-refractivity contribution < 1.29 is 191 Å². The summed E-state index contributed by atoms with van der Waals surface area (Å²) >= 11 is 15.3. The van der Waals surface area contributed by atoms with Crippen molar-refractivity contribution >= 4 is 109 Å². The fourth-order valence-electron chi connectivity index (χ4n) is 13.1. The number of nitrogens with one attached hydrogen (secondary N) is 1. The zero-order valence-corrected chi connectivity index (χ0v) is 70.7. The van der Waals surface area contributed by atoms with Crippen LogP contribution in [0.15, 0.2) is 97.6 Å². The number of carbonyl (C=O) groups is 3. The number of alkyl halides is 3. The zero-order chi connectivity index (χ0) is 67.5. The van der Waals surface area contributed by atoms with E-state index in [0.29, 0.717) is 105 Å². The molecule has 0 aliphatic carbocycles. The first kappa shape index (κ1) is 80.6. The van der Waals surface area contributed by atoms with Gasteiger partial charge in [0.25, 0.3) is 18.3 Å². The second-order valence-corrected chi connectivity index (χ2v) is 25.2. The van der Waals surface area contributed by atoms with Crippen LogP contribution in [0, 0.1) is 13.1 Å². The summed E-state index contributed by atoms with van der Waals surface area (Å²) in [6.07, 6.45) is 5.42. The van der Waals surface area contributed by atoms with Crippen LogP contribution in [-0.2, 0) is 45.2 Å². The number of aromatic nitrogens is 4. The summed E-state index contributed by atoms with van der Waals surface area (Å²) in [5, 5.41) is 17.4. The van der Waals surface area contributed by atoms with E-state index in [0.717, 1.165) is 107 Å². The number of rotatable bonds is 18. The number of likely N-dealkylation sites (tertiary alicyclic amines) is 1. The fraction of sp³-hybridized carbons (Fsp3) is 0.448. The summed E-state index contributed by atoms with van der Waals surface area (Å²) in [5.41, 5.74) is 5.80. The predicted molar refractivity (Wildman–Crippen MR) is 366 cm³/mol. The number of benzene rings is 4. The maximum absolute atomic E-state index is 13.8. The molecule has 4 fully saturated rings. The average Bonchev–Trinajstić information content (AvgIpc) is 0.903. The largest absolute Gasteiger partial charge is 1.00 e. The maximum Gasteiger partial charge on any atom is 1.00 e. The molecule has 1 N–H and O–H groups in total. The maximum atomic E-state index is 13.8. The first-order chi connectivity index (χ1) is 46.1. The molecule has 0 unspecified atom stereocenters. The number of ether oxygens (including phenoxy) is 2. The van der Waals surface area contributed by atoms with Gasteiger partial charge in [0, 0.05) is 109 Å². The second-order valence-electron chi connectivity index (χ2n) is 23.3. The number of fused-ring (bicyclic) bond motifs is 4. The quantitative estimate of drug-likeness (QED) is 0.0192. The van der Waals surface area contributed by atoms with Gasteiger partial charge in [0.1, 0.15) is 43.6 Å². The van der Waals surface area contributed by atoms with Crippen LogP contribution in [0.5, 0.6) is 12.0 Å². The number of amides is 2. The van der Waals surface area contributed by atoms with Gasteiger partial charge in [-0.2, -0.15) is 19.9 Å². The minimum absolute atomic E-state index is 0. The van der Waals surface area contributed by atoms with Crippen LogP contribution in [-0.4, -0.2) is 193 Å². The van der Waals surface area contributed by atoms with Gasteiger partial charge >= 0.3 is 150 Å². The molecule has 4 saturated heterocycles. The van der Waals surface area contributed by atoms with E-state index in [9.17, 15) is 27.2 Å². The molecule has 6 aliphatic heterocycles. The molecule has 6 aromatic rings. The van der Waals surface area contributed by atoms with E-state index in [2.05, 4.69) is 81.8 Å². The number of hydrogen-bond acceptors (Lipinski definition) is 17. The molecule has 2 aromatic heterocycles. The third kappa shape index (κ3) is 20.8. The molecule has 506 valence electrons. The minimum atomic E-state index is -1.03. The Kier molecular flexibility index (Phi) is 33.4. The van der Waals surface area contributed by atoms with Crippen LogP contribution in [0.1, 0.15) is 49.6 Å². The third-order valence-electron chi connectivity index (χ3n) is 17.5. The Morgan fingerprint density at radius 2 is 1.13 bits per heavy atom. The Morgan fingerprint density at radius 1 is 0.670 bits per heavy atom. The molecule has 0 spiro atoms. The zero-order valence-electron chi connectivity index (χ0n) is 55.4. The molecule has 4 atom stereocenters. The van der Waals surface area contributed by atoms with Crippen LogP contribution in [0.2, 0.25) is 10.0 Å². The van der Waals surface area contributed by atoms with Gasteiger partial charge in [-0.05, 0) is 86.7 Å². The van der Waals surface area contributed by atoms with Crippen molar-refractivity contribution in [1.82, 2.24) is 40.0 Å². The van der Waals surface area contributed by atoms with Gasteiger partial charge in [0.05, 0.1) is 41.2 Å². The van der Waals surface area contributed by atoms with E-state index >= 15 is 0 Å². The van der Waals surface area contributed by atoms with E-state index in [4.69, 9.17) is 75.8 Å². The third-order valence-corrected chi connectivity index (χ3v) is 18.5. The van der Waals surface area contributed by atoms with E-state index in [1.54, 1.807) is 0 Å². The number of halogens is 7. The van der Waals surface area contributed by atoms with Crippen LogP contribution < -0.4 is 177 Å². The molecule has 2 amide bonds. The molecular weight excluding hydrogens is 1650 g/mol. The molecule has 30 heteroatoms. The molecule has 0 saturated carbocycles. The summed E-state index contributed by atoms with van der Waals surface area (Å²) < 4.78 is 64.5. The first-order valence-electron chi connectivity index (χ1n) is 31.4. The smallest absolute Gasteiger partial charge is 1.00 e. The van der Waals surface area contributed by atoms with Crippen LogP contribution >= 0.6 is 45.8 Å². The monoisotopic (exact) mass is 1730 g/mol. The van der Waals surface area contributed by atoms with E-state index in [1.807, 2.05) is 71.1 Å². The van der Waals surface area contributed by atoms with Crippen molar-refractivity contribution in [2.75, 3.05) is 136 Å². The Balaban J connectivity index is 0.000000272. The van der Waals surface area contributed by atoms with Crippen molar-refractivity contribution in [3.05, 3.63) is 153 Å². The summed E-state index contributed by atoms with van der Waals surface area (Å²) in [5.74, 6) is -2.12. The van der Waals surface area contributed by atoms with E-state index in [1.165, 1.54) is 9.80 Å². The van der Waals surface area contributed by atoms with Gasteiger partial charge in [-0.3, -0.25) is 23.7 Å². The van der Waals surface area contributed by atoms with Gasteiger partial charge in [0.2, 0.25) is 13.1 Å². The van der Waals surface area contributed by atoms with Crippen LogP contribution in [0.4, 0.5) is 40.6 Å². The predicted octanol–water partition coefficient (Wildman–Crippen LogP) is 3.42. The Bertz CT molecular complexity index is 3800. The first-order valence-corrected chi connectivity index (χ1v) is 33.7. The average molecular weight is 1730 g/mol. The van der Waals surface area contributed by atoms with E-state index in [-0.39, 0.29) is 197 Å². The molecule has 4 aromatic carbocycles. The molecule has 8 heterocycles. The van der Waals surface area contributed by atoms with Crippen molar-refractivity contribution in [3.8, 4) is 12.0 Å². The SMILES string of the molecule is FCCI.O=CO[O-].[C-]#[N+]C[C@H]1CN(c2nc(OC[C@@H]3CCCN3)nc3c2CCN(c2cccc4cccc(Cl)c24)C3)CCN1C(=O)C(=C)F.[C-]#[N+]C[C@H]1CN(c2nc(OC[C@@H]3CCCN3CCF)nc3c2CCN(c2cccc4cccc(Cl)c24)C3)CCN1C(=O)C(=C)F.[Cs+].[Cs+].[H-]. The van der Waals surface area contributed by atoms with Gasteiger partial charge in [-0.1, -0.05) is 107 Å². The second kappa shape index (κ2) is 40.2. The molecule has 0 radical (unpaired) electrons. The topological polar surface area (TPSA) is 197 Å². The van der Waals surface area contributed by atoms with Gasteiger partial charge in [-0.15, -0.1) is 0 Å². The fourth-order valence-corrected chi connectivity index (χ4v) is 13.7. The summed E-state index contributed by atoms with van der Waals surface area (Å²) in [6.45, 7) is 28.1. The molecular formula is C67H75Cl2Cs2F4IN14O7. The number of anilines is 4. The number of hydrogen-bond donors (Lipinski definition) is 1.